The Labute approximate surface area is 359 Å². The summed E-state index contributed by atoms with van der Waals surface area (Å²) >= 11 is 3.50. The van der Waals surface area contributed by atoms with Crippen molar-refractivity contribution in [3.63, 3.8) is 0 Å². The number of rotatable bonds is 12. The molecule has 320 valence electrons. The van der Waals surface area contributed by atoms with Gasteiger partial charge in [-0.3, -0.25) is 9.69 Å². The van der Waals surface area contributed by atoms with E-state index in [0.717, 1.165) is 47.0 Å². The van der Waals surface area contributed by atoms with Gasteiger partial charge < -0.3 is 39.8 Å². The fraction of sp³-hybridized carbons (Fsp3) is 0.364. The summed E-state index contributed by atoms with van der Waals surface area (Å²) in [4.78, 5) is 66.1. The van der Waals surface area contributed by atoms with Crippen molar-refractivity contribution in [2.75, 3.05) is 47.4 Å². The van der Waals surface area contributed by atoms with Crippen LogP contribution >= 0.6 is 22.7 Å². The first-order valence-electron chi connectivity index (χ1n) is 19.9. The molecule has 0 spiro atoms. The molecule has 1 aliphatic heterocycles. The molecule has 0 radical (unpaired) electrons. The molecule has 14 nitrogen and oxygen atoms in total. The Morgan fingerprint density at radius 3 is 2.02 bits per heavy atom. The molecule has 4 N–H and O–H groups in total. The molecule has 1 saturated heterocycles. The predicted molar refractivity (Wildman–Crippen MR) is 240 cm³/mol. The summed E-state index contributed by atoms with van der Waals surface area (Å²) in [6.45, 7) is 8.18. The van der Waals surface area contributed by atoms with E-state index in [1.165, 1.54) is 46.9 Å². The summed E-state index contributed by atoms with van der Waals surface area (Å²) in [6, 6.07) is 25.5. The Hall–Kier alpha value is -5.84. The molecule has 1 unspecified atom stereocenters. The third-order valence-corrected chi connectivity index (χ3v) is 11.3. The minimum atomic E-state index is -0.627. The number of aromatic amines is 2. The number of amides is 3. The zero-order valence-corrected chi connectivity index (χ0v) is 36.8. The van der Waals surface area contributed by atoms with Crippen LogP contribution in [0.3, 0.4) is 0 Å². The fourth-order valence-corrected chi connectivity index (χ4v) is 8.42. The van der Waals surface area contributed by atoms with E-state index in [-0.39, 0.29) is 19.0 Å². The number of hydrogen-bond donors (Lipinski definition) is 4. The van der Waals surface area contributed by atoms with Gasteiger partial charge in [0, 0.05) is 20.8 Å². The molecule has 1 fully saturated rings. The number of fused-ring (bicyclic) bond motifs is 1. The van der Waals surface area contributed by atoms with E-state index in [2.05, 4.69) is 102 Å². The third-order valence-electron chi connectivity index (χ3n) is 8.95. The minimum Gasteiger partial charge on any atom is -0.453 e. The van der Waals surface area contributed by atoms with E-state index in [0.29, 0.717) is 31.2 Å². The number of nitrogens with zero attached hydrogens (tertiary/aromatic N) is 4. The number of methoxy groups -OCH3 is 2. The first kappa shape index (κ1) is 46.8. The van der Waals surface area contributed by atoms with Gasteiger partial charge in [0.25, 0.3) is 0 Å². The molecule has 1 aliphatic rings. The van der Waals surface area contributed by atoms with E-state index in [9.17, 15) is 19.2 Å². The topological polar surface area (TPSA) is 175 Å². The maximum atomic E-state index is 12.6. The number of nitrogens with one attached hydrogen (secondary N) is 4. The SMILES string of the molecule is CCC.CCCN(Cc1ncc(-c2cc3sc(-c4ccc(-c5cnc(C6CCCN6C)[nH]5)cc4)cc3s2)[nH]1)C(=O)CNC(=O)OC.COC(=O)NCC=O.c1ccccc1. The molecule has 60 heavy (non-hydrogen) atoms. The summed E-state index contributed by atoms with van der Waals surface area (Å²) < 4.78 is 11.2. The lowest BCUT2D eigenvalue weighted by Crippen LogP contribution is -2.40. The number of carbonyl (C=O) groups excluding carboxylic acids is 4. The number of carbonyl (C=O) groups is 4. The molecule has 0 saturated carbocycles. The van der Waals surface area contributed by atoms with Crippen LogP contribution in [0.1, 0.15) is 64.1 Å². The van der Waals surface area contributed by atoms with Crippen molar-refractivity contribution in [1.29, 1.82) is 0 Å². The minimum absolute atomic E-state index is 0.00662. The predicted octanol–water partition coefficient (Wildman–Crippen LogP) is 8.92. The van der Waals surface area contributed by atoms with Crippen molar-refractivity contribution in [2.45, 2.75) is 59.0 Å². The standard InChI is InChI=1S/C31H35N7O3S2.C6H6.C4H7NO3.C3H8/c1-4-11-38(29(39)17-34-31(40)41-3)18-28-32-16-22(35-28)25-14-27-26(43-25)13-24(42-27)20-9-7-19(8-10-20)21-15-33-30(36-21)23-6-5-12-37(23)2;1-2-4-6-5-3-1;1-8-4(7)5-2-3-6;1-3-2/h7-10,13-16,23H,4-6,11-12,17-18H2,1-3H3,(H,32,35)(H,33,36)(H,34,40);1-6H;3H,2H2,1H3,(H,5,7);3H2,1-2H3. The van der Waals surface area contributed by atoms with Crippen LogP contribution in [-0.4, -0.2) is 102 Å². The number of ether oxygens (including phenoxy) is 2. The summed E-state index contributed by atoms with van der Waals surface area (Å²) in [5, 5.41) is 4.61. The molecule has 7 rings (SSSR count). The highest BCUT2D eigenvalue weighted by Gasteiger charge is 2.25. The first-order chi connectivity index (χ1) is 29.1. The Morgan fingerprint density at radius 1 is 0.850 bits per heavy atom. The van der Waals surface area contributed by atoms with Crippen LogP contribution in [0.25, 0.3) is 41.7 Å². The van der Waals surface area contributed by atoms with Gasteiger partial charge in [0.1, 0.15) is 24.5 Å². The zero-order chi connectivity index (χ0) is 43.3. The van der Waals surface area contributed by atoms with Crippen LogP contribution in [0, 0.1) is 0 Å². The average molecular weight is 857 g/mol. The van der Waals surface area contributed by atoms with Crippen molar-refractivity contribution in [1.82, 2.24) is 40.4 Å². The highest BCUT2D eigenvalue weighted by atomic mass is 32.1. The normalized spacial score (nSPS) is 13.1. The van der Waals surface area contributed by atoms with Gasteiger partial charge in [-0.15, -0.1) is 22.7 Å². The number of aromatic nitrogens is 4. The highest BCUT2D eigenvalue weighted by Crippen LogP contribution is 2.41. The van der Waals surface area contributed by atoms with Crippen molar-refractivity contribution in [3.8, 4) is 32.3 Å². The van der Waals surface area contributed by atoms with Crippen molar-refractivity contribution < 1.29 is 28.7 Å². The molecule has 3 amide bonds. The van der Waals surface area contributed by atoms with Crippen LogP contribution in [0.5, 0.6) is 0 Å². The Bertz CT molecular complexity index is 2140. The number of likely N-dealkylation sites (tertiary alicyclic amines) is 1. The van der Waals surface area contributed by atoms with E-state index in [1.807, 2.05) is 55.7 Å². The summed E-state index contributed by atoms with van der Waals surface area (Å²) in [5.74, 6) is 1.57. The number of imidazole rings is 2. The zero-order valence-electron chi connectivity index (χ0n) is 35.2. The summed E-state index contributed by atoms with van der Waals surface area (Å²) in [7, 11) is 4.67. The van der Waals surface area contributed by atoms with E-state index in [1.54, 1.807) is 27.6 Å². The molecule has 0 aliphatic carbocycles. The summed E-state index contributed by atoms with van der Waals surface area (Å²) in [5.41, 5.74) is 4.31. The van der Waals surface area contributed by atoms with Crippen LogP contribution in [0.2, 0.25) is 0 Å². The molecule has 0 bridgehead atoms. The number of thiophene rings is 2. The van der Waals surface area contributed by atoms with Gasteiger partial charge in [0.05, 0.1) is 62.0 Å². The van der Waals surface area contributed by atoms with E-state index in [4.69, 9.17) is 0 Å². The van der Waals surface area contributed by atoms with Gasteiger partial charge in [-0.05, 0) is 56.1 Å². The van der Waals surface area contributed by atoms with Crippen LogP contribution in [0.15, 0.2) is 85.2 Å². The average Bonchev–Trinajstić information content (AvgIpc) is 4.13. The number of aldehydes is 1. The van der Waals surface area contributed by atoms with Crippen molar-refractivity contribution in [2.24, 2.45) is 0 Å². The lowest BCUT2D eigenvalue weighted by atomic mass is 10.1. The van der Waals surface area contributed by atoms with E-state index >= 15 is 0 Å². The van der Waals surface area contributed by atoms with Crippen LogP contribution in [0.4, 0.5) is 9.59 Å². The van der Waals surface area contributed by atoms with Gasteiger partial charge in [0.15, 0.2) is 0 Å². The maximum absolute atomic E-state index is 12.6. The molecule has 5 heterocycles. The van der Waals surface area contributed by atoms with Crippen molar-refractivity contribution >= 4 is 56.5 Å². The molecule has 16 heteroatoms. The van der Waals surface area contributed by atoms with Crippen molar-refractivity contribution in [3.05, 3.63) is 96.8 Å². The first-order valence-corrected chi connectivity index (χ1v) is 21.6. The second-order valence-electron chi connectivity index (χ2n) is 13.7. The van der Waals surface area contributed by atoms with Gasteiger partial charge in [-0.25, -0.2) is 19.6 Å². The number of alkyl carbamates (subject to hydrolysis) is 2. The molecule has 6 aromatic rings. The van der Waals surface area contributed by atoms with Crippen LogP contribution < -0.4 is 10.6 Å². The largest absolute Gasteiger partial charge is 0.453 e. The monoisotopic (exact) mass is 856 g/mol. The third kappa shape index (κ3) is 14.2. The van der Waals surface area contributed by atoms with E-state index < -0.39 is 12.2 Å². The van der Waals surface area contributed by atoms with Crippen LogP contribution in [-0.2, 0) is 25.6 Å². The second kappa shape index (κ2) is 24.9. The Kier molecular flexibility index (Phi) is 19.5. The second-order valence-corrected chi connectivity index (χ2v) is 15.8. The highest BCUT2D eigenvalue weighted by molar-refractivity contribution is 7.31. The quantitative estimate of drug-likeness (QED) is 0.0877. The lowest BCUT2D eigenvalue weighted by molar-refractivity contribution is -0.130. The number of benzene rings is 2. The van der Waals surface area contributed by atoms with Gasteiger partial charge in [-0.1, -0.05) is 87.9 Å². The molecule has 1 atom stereocenters. The molecule has 4 aromatic heterocycles. The Morgan fingerprint density at radius 2 is 1.43 bits per heavy atom. The number of hydrogen-bond acceptors (Lipinski definition) is 11. The summed E-state index contributed by atoms with van der Waals surface area (Å²) in [6.07, 6.45) is 7.54. The molecular formula is C44H56N8O6S2. The van der Waals surface area contributed by atoms with Gasteiger partial charge in [0.2, 0.25) is 5.91 Å². The molecule has 2 aromatic carbocycles. The lowest BCUT2D eigenvalue weighted by Gasteiger charge is -2.21. The smallest absolute Gasteiger partial charge is 0.407 e. The maximum Gasteiger partial charge on any atom is 0.407 e. The number of H-pyrrole nitrogens is 2. The fourth-order valence-electron chi connectivity index (χ4n) is 6.06. The Balaban J connectivity index is 0.000000391. The molecular weight excluding hydrogens is 801 g/mol. The van der Waals surface area contributed by atoms with Gasteiger partial charge >= 0.3 is 12.2 Å². The van der Waals surface area contributed by atoms with Gasteiger partial charge in [-0.2, -0.15) is 0 Å².